The highest BCUT2D eigenvalue weighted by Gasteiger charge is 2.18. The molecule has 25 heavy (non-hydrogen) atoms. The molecule has 7 heteroatoms. The van der Waals surface area contributed by atoms with Crippen LogP contribution in [-0.2, 0) is 4.79 Å². The summed E-state index contributed by atoms with van der Waals surface area (Å²) in [6.07, 6.45) is 2.24. The molecule has 132 valence electrons. The number of nitrogens with zero attached hydrogens (tertiary/aromatic N) is 3. The maximum atomic E-state index is 12.1. The lowest BCUT2D eigenvalue weighted by Crippen LogP contribution is -2.47. The van der Waals surface area contributed by atoms with Crippen molar-refractivity contribution in [3.63, 3.8) is 0 Å². The molecule has 1 amide bonds. The van der Waals surface area contributed by atoms with Gasteiger partial charge >= 0.3 is 0 Å². The number of hydrogen-bond acceptors (Lipinski definition) is 4. The third-order valence-electron chi connectivity index (χ3n) is 4.23. The van der Waals surface area contributed by atoms with Gasteiger partial charge in [0.25, 0.3) is 0 Å². The molecule has 1 aliphatic heterocycles. The molecule has 2 heterocycles. The van der Waals surface area contributed by atoms with Crippen LogP contribution in [0.1, 0.15) is 6.42 Å². The lowest BCUT2D eigenvalue weighted by molar-refractivity contribution is -0.116. The van der Waals surface area contributed by atoms with Crippen LogP contribution >= 0.6 is 23.2 Å². The van der Waals surface area contributed by atoms with Crippen LogP contribution in [-0.4, -0.2) is 48.5 Å². The Hall–Kier alpha value is -1.82. The Labute approximate surface area is 157 Å². The number of piperazine rings is 1. The van der Waals surface area contributed by atoms with Crippen molar-refractivity contribution in [2.24, 2.45) is 0 Å². The van der Waals surface area contributed by atoms with E-state index in [1.165, 1.54) is 0 Å². The quantitative estimate of drug-likeness (QED) is 0.864. The van der Waals surface area contributed by atoms with E-state index in [1.807, 2.05) is 24.4 Å². The Kier molecular flexibility index (Phi) is 6.13. The highest BCUT2D eigenvalue weighted by Crippen LogP contribution is 2.29. The van der Waals surface area contributed by atoms with Crippen molar-refractivity contribution in [1.82, 2.24) is 9.88 Å². The summed E-state index contributed by atoms with van der Waals surface area (Å²) in [7, 11) is 0. The van der Waals surface area contributed by atoms with Crippen molar-refractivity contribution in [3.8, 4) is 0 Å². The summed E-state index contributed by atoms with van der Waals surface area (Å²) in [6, 6.07) is 11.2. The number of anilines is 2. The standard InChI is InChI=1S/C18H20Cl2N4O/c19-14-4-3-5-15(18(14)20)22-17(25)7-9-23-10-12-24(13-11-23)16-6-1-2-8-21-16/h1-6,8H,7,9-13H2,(H,22,25). The average Bonchev–Trinajstić information content (AvgIpc) is 2.65. The number of carbonyl (C=O) groups is 1. The maximum absolute atomic E-state index is 12.1. The van der Waals surface area contributed by atoms with Crippen molar-refractivity contribution in [3.05, 3.63) is 52.6 Å². The Morgan fingerprint density at radius 3 is 2.60 bits per heavy atom. The molecule has 0 bridgehead atoms. The van der Waals surface area contributed by atoms with Gasteiger partial charge in [0.1, 0.15) is 5.82 Å². The van der Waals surface area contributed by atoms with E-state index in [0.717, 1.165) is 38.5 Å². The van der Waals surface area contributed by atoms with E-state index >= 15 is 0 Å². The molecule has 5 nitrogen and oxygen atoms in total. The second kappa shape index (κ2) is 8.52. The minimum Gasteiger partial charge on any atom is -0.354 e. The predicted molar refractivity (Wildman–Crippen MR) is 103 cm³/mol. The molecule has 3 rings (SSSR count). The average molecular weight is 379 g/mol. The van der Waals surface area contributed by atoms with Crippen LogP contribution in [0.25, 0.3) is 0 Å². The monoisotopic (exact) mass is 378 g/mol. The minimum atomic E-state index is -0.0590. The Morgan fingerprint density at radius 1 is 1.08 bits per heavy atom. The first-order valence-corrected chi connectivity index (χ1v) is 9.01. The molecule has 1 N–H and O–H groups in total. The van der Waals surface area contributed by atoms with Crippen molar-refractivity contribution < 1.29 is 4.79 Å². The third-order valence-corrected chi connectivity index (χ3v) is 5.05. The van der Waals surface area contributed by atoms with Crippen molar-refractivity contribution in [2.75, 3.05) is 42.9 Å². The molecule has 1 aromatic heterocycles. The van der Waals surface area contributed by atoms with E-state index in [0.29, 0.717) is 22.2 Å². The van der Waals surface area contributed by atoms with Crippen LogP contribution in [0.2, 0.25) is 10.0 Å². The number of nitrogens with one attached hydrogen (secondary N) is 1. The van der Waals surface area contributed by atoms with E-state index < -0.39 is 0 Å². The number of carbonyl (C=O) groups excluding carboxylic acids is 1. The topological polar surface area (TPSA) is 48.5 Å². The Bertz CT molecular complexity index is 718. The molecule has 1 fully saturated rings. The summed E-state index contributed by atoms with van der Waals surface area (Å²) in [6.45, 7) is 4.39. The first-order chi connectivity index (χ1) is 12.1. The molecule has 1 saturated heterocycles. The third kappa shape index (κ3) is 4.84. The first-order valence-electron chi connectivity index (χ1n) is 8.25. The fraction of sp³-hybridized carbons (Fsp3) is 0.333. The lowest BCUT2D eigenvalue weighted by atomic mass is 10.2. The Balaban J connectivity index is 1.44. The van der Waals surface area contributed by atoms with Gasteiger partial charge in [-0.2, -0.15) is 0 Å². The summed E-state index contributed by atoms with van der Waals surface area (Å²) >= 11 is 12.1. The molecule has 0 spiro atoms. The predicted octanol–water partition coefficient (Wildman–Crippen LogP) is 3.54. The zero-order valence-electron chi connectivity index (χ0n) is 13.8. The maximum Gasteiger partial charge on any atom is 0.225 e. The second-order valence-electron chi connectivity index (χ2n) is 5.92. The molecule has 0 saturated carbocycles. The van der Waals surface area contributed by atoms with Crippen molar-refractivity contribution >= 4 is 40.6 Å². The van der Waals surface area contributed by atoms with E-state index in [-0.39, 0.29) is 5.91 Å². The number of hydrogen-bond donors (Lipinski definition) is 1. The van der Waals surface area contributed by atoms with E-state index in [2.05, 4.69) is 20.1 Å². The van der Waals surface area contributed by atoms with Gasteiger partial charge < -0.3 is 10.2 Å². The summed E-state index contributed by atoms with van der Waals surface area (Å²) in [5.41, 5.74) is 0.555. The zero-order chi connectivity index (χ0) is 17.6. The fourth-order valence-corrected chi connectivity index (χ4v) is 3.16. The lowest BCUT2D eigenvalue weighted by Gasteiger charge is -2.35. The summed E-state index contributed by atoms with van der Waals surface area (Å²) in [5.74, 6) is 0.951. The van der Waals surface area contributed by atoms with E-state index in [1.54, 1.807) is 18.2 Å². The van der Waals surface area contributed by atoms with Gasteiger partial charge in [0.15, 0.2) is 0 Å². The molecule has 0 aliphatic carbocycles. The number of halogens is 2. The van der Waals surface area contributed by atoms with Gasteiger partial charge in [-0.15, -0.1) is 0 Å². The zero-order valence-corrected chi connectivity index (χ0v) is 15.3. The molecule has 0 unspecified atom stereocenters. The normalized spacial score (nSPS) is 15.2. The molecule has 0 atom stereocenters. The molecular weight excluding hydrogens is 359 g/mol. The van der Waals surface area contributed by atoms with E-state index in [4.69, 9.17) is 23.2 Å². The minimum absolute atomic E-state index is 0.0590. The van der Waals surface area contributed by atoms with Crippen LogP contribution in [0.5, 0.6) is 0 Å². The van der Waals surface area contributed by atoms with Crippen LogP contribution in [0.15, 0.2) is 42.6 Å². The van der Waals surface area contributed by atoms with Gasteiger partial charge in [0, 0.05) is 45.3 Å². The number of rotatable bonds is 5. The largest absolute Gasteiger partial charge is 0.354 e. The van der Waals surface area contributed by atoms with Gasteiger partial charge in [0.05, 0.1) is 15.7 Å². The van der Waals surface area contributed by atoms with Gasteiger partial charge in [-0.3, -0.25) is 9.69 Å². The van der Waals surface area contributed by atoms with Gasteiger partial charge in [-0.25, -0.2) is 4.98 Å². The van der Waals surface area contributed by atoms with Gasteiger partial charge in [-0.05, 0) is 24.3 Å². The molecule has 1 aromatic carbocycles. The van der Waals surface area contributed by atoms with Gasteiger partial charge in [0.2, 0.25) is 5.91 Å². The molecular formula is C18H20Cl2N4O. The second-order valence-corrected chi connectivity index (χ2v) is 6.70. The molecule has 1 aliphatic rings. The first kappa shape index (κ1) is 18.0. The summed E-state index contributed by atoms with van der Waals surface area (Å²) in [5, 5.41) is 3.63. The summed E-state index contributed by atoms with van der Waals surface area (Å²) < 4.78 is 0. The van der Waals surface area contributed by atoms with Crippen LogP contribution < -0.4 is 10.2 Å². The molecule has 2 aromatic rings. The van der Waals surface area contributed by atoms with E-state index in [9.17, 15) is 4.79 Å². The fourth-order valence-electron chi connectivity index (χ4n) is 2.81. The Morgan fingerprint density at radius 2 is 1.88 bits per heavy atom. The highest BCUT2D eigenvalue weighted by atomic mass is 35.5. The van der Waals surface area contributed by atoms with Crippen LogP contribution in [0.4, 0.5) is 11.5 Å². The SMILES string of the molecule is O=C(CCN1CCN(c2ccccn2)CC1)Nc1cccc(Cl)c1Cl. The number of pyridine rings is 1. The van der Waals surface area contributed by atoms with Gasteiger partial charge in [-0.1, -0.05) is 35.3 Å². The number of aromatic nitrogens is 1. The smallest absolute Gasteiger partial charge is 0.225 e. The molecule has 0 radical (unpaired) electrons. The highest BCUT2D eigenvalue weighted by molar-refractivity contribution is 6.43. The van der Waals surface area contributed by atoms with Crippen molar-refractivity contribution in [1.29, 1.82) is 0 Å². The van der Waals surface area contributed by atoms with Crippen LogP contribution in [0, 0.1) is 0 Å². The van der Waals surface area contributed by atoms with Crippen LogP contribution in [0.3, 0.4) is 0 Å². The number of benzene rings is 1. The van der Waals surface area contributed by atoms with Crippen molar-refractivity contribution in [2.45, 2.75) is 6.42 Å². The number of amides is 1. The summed E-state index contributed by atoms with van der Waals surface area (Å²) in [4.78, 5) is 21.1.